The molecule has 1 atom stereocenters. The van der Waals surface area contributed by atoms with Crippen molar-refractivity contribution in [2.45, 2.75) is 25.9 Å². The summed E-state index contributed by atoms with van der Waals surface area (Å²) in [5, 5.41) is 1.72. The van der Waals surface area contributed by atoms with E-state index in [0.29, 0.717) is 0 Å². The van der Waals surface area contributed by atoms with Crippen LogP contribution in [-0.2, 0) is 0 Å². The summed E-state index contributed by atoms with van der Waals surface area (Å²) in [6.07, 6.45) is 0.859. The van der Waals surface area contributed by atoms with Gasteiger partial charge in [0.2, 0.25) is 0 Å². The van der Waals surface area contributed by atoms with Crippen molar-refractivity contribution in [1.29, 1.82) is 0 Å². The summed E-state index contributed by atoms with van der Waals surface area (Å²) in [5.74, 6) is 1.09. The van der Waals surface area contributed by atoms with Crippen molar-refractivity contribution in [3.63, 3.8) is 0 Å². The van der Waals surface area contributed by atoms with E-state index in [0.717, 1.165) is 12.1 Å². The van der Waals surface area contributed by atoms with E-state index in [-0.39, 0.29) is 13.1 Å². The maximum absolute atomic E-state index is 5.93. The van der Waals surface area contributed by atoms with Gasteiger partial charge in [0.05, 0.1) is 0 Å². The zero-order chi connectivity index (χ0) is 13.5. The zero-order valence-corrected chi connectivity index (χ0v) is 12.6. The third-order valence-electron chi connectivity index (χ3n) is 3.51. The van der Waals surface area contributed by atoms with E-state index in [1.807, 2.05) is 0 Å². The van der Waals surface area contributed by atoms with E-state index in [2.05, 4.69) is 69.3 Å². The predicted octanol–water partition coefficient (Wildman–Crippen LogP) is 4.61. The number of hydrogen-bond acceptors (Lipinski definition) is 1. The summed E-state index contributed by atoms with van der Waals surface area (Å²) in [4.78, 5) is 0. The van der Waals surface area contributed by atoms with Crippen molar-refractivity contribution in [3.8, 4) is 16.9 Å². The zero-order valence-electron chi connectivity index (χ0n) is 11.7. The number of hydrogen-bond donors (Lipinski definition) is 0. The minimum atomic E-state index is -0.269. The summed E-state index contributed by atoms with van der Waals surface area (Å²) in [7, 11) is -0.269. The van der Waals surface area contributed by atoms with Crippen LogP contribution in [0.2, 0.25) is 0 Å². The Morgan fingerprint density at radius 3 is 2.37 bits per heavy atom. The van der Waals surface area contributed by atoms with Crippen LogP contribution in [0.3, 0.4) is 0 Å². The van der Waals surface area contributed by atoms with Crippen LogP contribution < -0.4 is 10.0 Å². The van der Waals surface area contributed by atoms with Gasteiger partial charge in [0.15, 0.2) is 0 Å². The summed E-state index contributed by atoms with van der Waals surface area (Å²) in [6, 6.07) is 17.1. The van der Waals surface area contributed by atoms with Crippen molar-refractivity contribution in [3.05, 3.63) is 48.5 Å². The SMILES string of the molecule is CC(C)(C)P1COc2cccc(-c3ccccc3)c21. The van der Waals surface area contributed by atoms with Gasteiger partial charge in [-0.1, -0.05) is 63.2 Å². The number of benzene rings is 2. The molecule has 98 valence electrons. The first kappa shape index (κ1) is 12.7. The van der Waals surface area contributed by atoms with Gasteiger partial charge in [-0.15, -0.1) is 0 Å². The van der Waals surface area contributed by atoms with Crippen LogP contribution >= 0.6 is 7.92 Å². The number of rotatable bonds is 1. The smallest absolute Gasteiger partial charge is 0.128 e. The molecule has 0 N–H and O–H groups in total. The Labute approximate surface area is 116 Å². The molecule has 0 bridgehead atoms. The molecule has 1 heterocycles. The van der Waals surface area contributed by atoms with E-state index in [1.165, 1.54) is 16.4 Å². The van der Waals surface area contributed by atoms with Gasteiger partial charge < -0.3 is 4.74 Å². The average molecular weight is 270 g/mol. The van der Waals surface area contributed by atoms with E-state index < -0.39 is 0 Å². The van der Waals surface area contributed by atoms with Gasteiger partial charge in [-0.2, -0.15) is 0 Å². The molecule has 3 rings (SSSR count). The van der Waals surface area contributed by atoms with Gasteiger partial charge in [0.25, 0.3) is 0 Å². The predicted molar refractivity (Wildman–Crippen MR) is 83.7 cm³/mol. The Hall–Kier alpha value is -1.33. The normalized spacial score (nSPS) is 17.9. The highest BCUT2D eigenvalue weighted by Crippen LogP contribution is 2.55. The quantitative estimate of drug-likeness (QED) is 0.688. The standard InChI is InChI=1S/C17H19OP/c1-17(2,3)19-12-18-15-11-7-10-14(16(15)19)13-8-5-4-6-9-13/h4-11H,12H2,1-3H3. The lowest BCUT2D eigenvalue weighted by Gasteiger charge is -2.27. The molecule has 2 aromatic carbocycles. The lowest BCUT2D eigenvalue weighted by Crippen LogP contribution is -2.19. The molecule has 1 nitrogen and oxygen atoms in total. The molecule has 1 aliphatic heterocycles. The second kappa shape index (κ2) is 4.65. The Kier molecular flexibility index (Phi) is 3.11. The van der Waals surface area contributed by atoms with Crippen LogP contribution in [0, 0.1) is 0 Å². The minimum Gasteiger partial charge on any atom is -0.488 e. The van der Waals surface area contributed by atoms with Crippen LogP contribution in [0.15, 0.2) is 48.5 Å². The molecule has 1 unspecified atom stereocenters. The van der Waals surface area contributed by atoms with Gasteiger partial charge in [0, 0.05) is 5.30 Å². The monoisotopic (exact) mass is 270 g/mol. The maximum atomic E-state index is 5.93. The third-order valence-corrected chi connectivity index (χ3v) is 6.52. The molecule has 0 spiro atoms. The highest BCUT2D eigenvalue weighted by Gasteiger charge is 2.35. The molecular formula is C17H19OP. The maximum Gasteiger partial charge on any atom is 0.128 e. The topological polar surface area (TPSA) is 9.23 Å². The molecule has 0 fully saturated rings. The molecule has 2 aromatic rings. The van der Waals surface area contributed by atoms with Crippen molar-refractivity contribution >= 4 is 13.2 Å². The largest absolute Gasteiger partial charge is 0.488 e. The van der Waals surface area contributed by atoms with E-state index in [1.54, 1.807) is 0 Å². The molecule has 19 heavy (non-hydrogen) atoms. The van der Waals surface area contributed by atoms with E-state index in [4.69, 9.17) is 4.74 Å². The first-order valence-corrected chi connectivity index (χ1v) is 8.19. The van der Waals surface area contributed by atoms with Gasteiger partial charge >= 0.3 is 0 Å². The number of ether oxygens (including phenoxy) is 1. The lowest BCUT2D eigenvalue weighted by atomic mass is 10.1. The van der Waals surface area contributed by atoms with Crippen LogP contribution in [-0.4, -0.2) is 11.5 Å². The lowest BCUT2D eigenvalue weighted by molar-refractivity contribution is 0.400. The van der Waals surface area contributed by atoms with Crippen molar-refractivity contribution in [1.82, 2.24) is 0 Å². The first-order valence-electron chi connectivity index (χ1n) is 6.66. The molecule has 1 aliphatic rings. The minimum absolute atomic E-state index is 0.269. The fourth-order valence-electron chi connectivity index (χ4n) is 2.50. The molecule has 0 aliphatic carbocycles. The molecular weight excluding hydrogens is 251 g/mol. The Balaban J connectivity index is 2.17. The molecule has 2 heteroatoms. The fraction of sp³-hybridized carbons (Fsp3) is 0.294. The summed E-state index contributed by atoms with van der Waals surface area (Å²) in [6.45, 7) is 6.96. The van der Waals surface area contributed by atoms with Crippen LogP contribution in [0.1, 0.15) is 20.8 Å². The highest BCUT2D eigenvalue weighted by atomic mass is 31.1. The second-order valence-electron chi connectivity index (χ2n) is 5.89. The van der Waals surface area contributed by atoms with Crippen LogP contribution in [0.4, 0.5) is 0 Å². The second-order valence-corrected chi connectivity index (χ2v) is 8.79. The Bertz CT molecular complexity index is 584. The van der Waals surface area contributed by atoms with Crippen LogP contribution in [0.25, 0.3) is 11.1 Å². The van der Waals surface area contributed by atoms with E-state index >= 15 is 0 Å². The summed E-state index contributed by atoms with van der Waals surface area (Å²) >= 11 is 0. The Morgan fingerprint density at radius 2 is 1.68 bits per heavy atom. The van der Waals surface area contributed by atoms with Crippen molar-refractivity contribution in [2.24, 2.45) is 0 Å². The molecule has 0 saturated carbocycles. The van der Waals surface area contributed by atoms with Gasteiger partial charge in [-0.3, -0.25) is 0 Å². The summed E-state index contributed by atoms with van der Waals surface area (Å²) < 4.78 is 5.93. The molecule has 0 aromatic heterocycles. The van der Waals surface area contributed by atoms with Gasteiger partial charge in [-0.25, -0.2) is 0 Å². The third kappa shape index (κ3) is 2.28. The first-order chi connectivity index (χ1) is 9.07. The Morgan fingerprint density at radius 1 is 0.947 bits per heavy atom. The van der Waals surface area contributed by atoms with Gasteiger partial charge in [0.1, 0.15) is 12.1 Å². The van der Waals surface area contributed by atoms with Crippen molar-refractivity contribution < 1.29 is 4.74 Å². The van der Waals surface area contributed by atoms with Crippen molar-refractivity contribution in [2.75, 3.05) is 6.35 Å². The van der Waals surface area contributed by atoms with Crippen LogP contribution in [0.5, 0.6) is 5.75 Å². The van der Waals surface area contributed by atoms with E-state index in [9.17, 15) is 0 Å². The summed E-state index contributed by atoms with van der Waals surface area (Å²) in [5.41, 5.74) is 2.64. The molecule has 0 saturated heterocycles. The molecule has 0 radical (unpaired) electrons. The average Bonchev–Trinajstić information content (AvgIpc) is 2.83. The highest BCUT2D eigenvalue weighted by molar-refractivity contribution is 7.67. The van der Waals surface area contributed by atoms with Gasteiger partial charge in [-0.05, 0) is 30.3 Å². The fourth-order valence-corrected chi connectivity index (χ4v) is 4.85. The number of fused-ring (bicyclic) bond motifs is 1. The molecule has 0 amide bonds.